The molecule has 0 aromatic carbocycles. The van der Waals surface area contributed by atoms with E-state index < -0.39 is 0 Å². The third-order valence-electron chi connectivity index (χ3n) is 4.12. The summed E-state index contributed by atoms with van der Waals surface area (Å²) >= 11 is 0. The van der Waals surface area contributed by atoms with Crippen molar-refractivity contribution in [3.05, 3.63) is 0 Å². The van der Waals surface area contributed by atoms with E-state index in [4.69, 9.17) is 4.74 Å². The van der Waals surface area contributed by atoms with Crippen LogP contribution in [0.4, 0.5) is 0 Å². The molecule has 0 aromatic rings. The summed E-state index contributed by atoms with van der Waals surface area (Å²) in [5.41, 5.74) is 0. The predicted octanol–water partition coefficient (Wildman–Crippen LogP) is 0.309. The highest BCUT2D eigenvalue weighted by atomic mass is 16.5. The second-order valence-electron chi connectivity index (χ2n) is 5.56. The number of ether oxygens (including phenoxy) is 1. The van der Waals surface area contributed by atoms with Crippen LogP contribution in [-0.2, 0) is 9.53 Å². The van der Waals surface area contributed by atoms with Gasteiger partial charge in [0.25, 0.3) is 0 Å². The number of nitrogens with zero attached hydrogens (tertiary/aromatic N) is 2. The molecule has 19 heavy (non-hydrogen) atoms. The quantitative estimate of drug-likeness (QED) is 0.676. The summed E-state index contributed by atoms with van der Waals surface area (Å²) in [6.07, 6.45) is 4.96. The van der Waals surface area contributed by atoms with Gasteiger partial charge >= 0.3 is 0 Å². The maximum atomic E-state index is 12.2. The summed E-state index contributed by atoms with van der Waals surface area (Å²) in [6, 6.07) is 0.440. The molecule has 0 spiro atoms. The van der Waals surface area contributed by atoms with Gasteiger partial charge < -0.3 is 19.9 Å². The average molecular weight is 269 g/mol. The third-order valence-corrected chi connectivity index (χ3v) is 4.12. The van der Waals surface area contributed by atoms with Crippen LogP contribution < -0.4 is 5.32 Å². The molecule has 1 amide bonds. The molecule has 2 aliphatic rings. The van der Waals surface area contributed by atoms with E-state index in [2.05, 4.69) is 15.1 Å². The van der Waals surface area contributed by atoms with Crippen molar-refractivity contribution in [2.45, 2.75) is 31.7 Å². The van der Waals surface area contributed by atoms with Crippen molar-refractivity contribution in [2.24, 2.45) is 0 Å². The lowest BCUT2D eigenvalue weighted by Gasteiger charge is -2.28. The van der Waals surface area contributed by atoms with E-state index in [1.807, 2.05) is 0 Å². The molecule has 2 rings (SSSR count). The van der Waals surface area contributed by atoms with Gasteiger partial charge in [-0.05, 0) is 38.8 Å². The van der Waals surface area contributed by atoms with Gasteiger partial charge in [-0.3, -0.25) is 4.79 Å². The number of hydrogen-bond donors (Lipinski definition) is 1. The van der Waals surface area contributed by atoms with Crippen LogP contribution in [0.3, 0.4) is 0 Å². The molecular formula is C14H27N3O2. The predicted molar refractivity (Wildman–Crippen MR) is 75.2 cm³/mol. The molecule has 2 heterocycles. The Morgan fingerprint density at radius 3 is 2.79 bits per heavy atom. The van der Waals surface area contributed by atoms with E-state index in [9.17, 15) is 4.79 Å². The van der Waals surface area contributed by atoms with Gasteiger partial charge in [0.05, 0.1) is 13.2 Å². The largest absolute Gasteiger partial charge is 0.383 e. The van der Waals surface area contributed by atoms with Gasteiger partial charge in [-0.2, -0.15) is 0 Å². The highest BCUT2D eigenvalue weighted by molar-refractivity contribution is 5.78. The summed E-state index contributed by atoms with van der Waals surface area (Å²) in [7, 11) is 1.68. The second kappa shape index (κ2) is 7.82. The molecule has 2 aliphatic heterocycles. The number of amides is 1. The first-order valence-corrected chi connectivity index (χ1v) is 7.52. The van der Waals surface area contributed by atoms with Crippen LogP contribution in [0, 0.1) is 0 Å². The highest BCUT2D eigenvalue weighted by Crippen LogP contribution is 2.20. The highest BCUT2D eigenvalue weighted by Gasteiger charge is 2.30. The van der Waals surface area contributed by atoms with Crippen molar-refractivity contribution >= 4 is 5.91 Å². The zero-order chi connectivity index (χ0) is 13.5. The van der Waals surface area contributed by atoms with Crippen LogP contribution in [0.1, 0.15) is 25.7 Å². The molecule has 1 N–H and O–H groups in total. The number of nitrogens with one attached hydrogen (secondary N) is 1. The van der Waals surface area contributed by atoms with Gasteiger partial charge in [-0.25, -0.2) is 0 Å². The van der Waals surface area contributed by atoms with Crippen molar-refractivity contribution in [1.82, 2.24) is 15.1 Å². The number of carbonyl (C=O) groups excluding carboxylic acids is 1. The van der Waals surface area contributed by atoms with Crippen LogP contribution in [0.15, 0.2) is 0 Å². The van der Waals surface area contributed by atoms with Gasteiger partial charge in [-0.15, -0.1) is 0 Å². The third kappa shape index (κ3) is 4.44. The topological polar surface area (TPSA) is 44.8 Å². The lowest BCUT2D eigenvalue weighted by Crippen LogP contribution is -2.46. The fourth-order valence-corrected chi connectivity index (χ4v) is 3.09. The number of carbonyl (C=O) groups is 1. The van der Waals surface area contributed by atoms with Gasteiger partial charge in [-0.1, -0.05) is 0 Å². The van der Waals surface area contributed by atoms with E-state index >= 15 is 0 Å². The molecular weight excluding hydrogens is 242 g/mol. The molecule has 2 fully saturated rings. The minimum atomic E-state index is 0.248. The van der Waals surface area contributed by atoms with Crippen molar-refractivity contribution in [3.8, 4) is 0 Å². The van der Waals surface area contributed by atoms with E-state index in [1.165, 1.54) is 32.4 Å². The number of hydrogen-bond acceptors (Lipinski definition) is 4. The van der Waals surface area contributed by atoms with Gasteiger partial charge in [0, 0.05) is 32.8 Å². The molecule has 2 saturated heterocycles. The first-order valence-electron chi connectivity index (χ1n) is 7.52. The van der Waals surface area contributed by atoms with Crippen LogP contribution in [0.5, 0.6) is 0 Å². The Hall–Kier alpha value is -0.650. The van der Waals surface area contributed by atoms with Crippen LogP contribution in [0.25, 0.3) is 0 Å². The Labute approximate surface area is 116 Å². The molecule has 110 valence electrons. The standard InChI is InChI=1S/C14H27N3O2/c1-19-10-6-15-11-14(18)17-9-4-5-13(17)12-16-7-2-3-8-16/h13,15H,2-12H2,1H3. The number of rotatable bonds is 7. The number of likely N-dealkylation sites (tertiary alicyclic amines) is 2. The van der Waals surface area contributed by atoms with Crippen LogP contribution in [-0.4, -0.2) is 74.7 Å². The van der Waals surface area contributed by atoms with Crippen molar-refractivity contribution in [2.75, 3.05) is 53.0 Å². The lowest BCUT2D eigenvalue weighted by molar-refractivity contribution is -0.131. The monoisotopic (exact) mass is 269 g/mol. The molecule has 5 nitrogen and oxygen atoms in total. The van der Waals surface area contributed by atoms with Crippen molar-refractivity contribution in [1.29, 1.82) is 0 Å². The molecule has 0 saturated carbocycles. The van der Waals surface area contributed by atoms with Gasteiger partial charge in [0.1, 0.15) is 0 Å². The normalized spacial score (nSPS) is 24.3. The van der Waals surface area contributed by atoms with E-state index in [0.29, 0.717) is 19.2 Å². The number of methoxy groups -OCH3 is 1. The minimum Gasteiger partial charge on any atom is -0.383 e. The van der Waals surface area contributed by atoms with Crippen molar-refractivity contribution in [3.63, 3.8) is 0 Å². The molecule has 5 heteroatoms. The first kappa shape index (κ1) is 14.8. The molecule has 0 bridgehead atoms. The molecule has 1 unspecified atom stereocenters. The summed E-state index contributed by atoms with van der Waals surface area (Å²) in [5, 5.41) is 3.15. The zero-order valence-corrected chi connectivity index (χ0v) is 12.1. The summed E-state index contributed by atoms with van der Waals surface area (Å²) in [5.74, 6) is 0.248. The van der Waals surface area contributed by atoms with Crippen LogP contribution in [0.2, 0.25) is 0 Å². The Morgan fingerprint density at radius 1 is 1.26 bits per heavy atom. The molecule has 0 aliphatic carbocycles. The summed E-state index contributed by atoms with van der Waals surface area (Å²) in [4.78, 5) is 16.8. The van der Waals surface area contributed by atoms with E-state index in [0.717, 1.165) is 26.1 Å². The maximum Gasteiger partial charge on any atom is 0.236 e. The maximum absolute atomic E-state index is 12.2. The Balaban J connectivity index is 1.72. The Kier molecular flexibility index (Phi) is 6.07. The zero-order valence-electron chi connectivity index (χ0n) is 12.1. The lowest BCUT2D eigenvalue weighted by atomic mass is 10.2. The summed E-state index contributed by atoms with van der Waals surface area (Å²) < 4.78 is 4.96. The molecule has 0 aromatic heterocycles. The second-order valence-corrected chi connectivity index (χ2v) is 5.56. The van der Waals surface area contributed by atoms with Crippen molar-refractivity contribution < 1.29 is 9.53 Å². The molecule has 1 atom stereocenters. The van der Waals surface area contributed by atoms with E-state index in [-0.39, 0.29) is 5.91 Å². The smallest absolute Gasteiger partial charge is 0.236 e. The van der Waals surface area contributed by atoms with Gasteiger partial charge in [0.15, 0.2) is 0 Å². The summed E-state index contributed by atoms with van der Waals surface area (Å²) in [6.45, 7) is 6.28. The Morgan fingerprint density at radius 2 is 2.05 bits per heavy atom. The fourth-order valence-electron chi connectivity index (χ4n) is 3.09. The molecule has 0 radical (unpaired) electrons. The Bertz CT molecular complexity index is 280. The van der Waals surface area contributed by atoms with E-state index in [1.54, 1.807) is 7.11 Å². The fraction of sp³-hybridized carbons (Fsp3) is 0.929. The van der Waals surface area contributed by atoms with Crippen LogP contribution >= 0.6 is 0 Å². The average Bonchev–Trinajstić information content (AvgIpc) is 3.06. The first-order chi connectivity index (χ1) is 9.31. The van der Waals surface area contributed by atoms with Gasteiger partial charge in [0.2, 0.25) is 5.91 Å². The minimum absolute atomic E-state index is 0.248. The SMILES string of the molecule is COCCNCC(=O)N1CCCC1CN1CCCC1.